The number of nitrogens with one attached hydrogen (secondary N) is 1. The van der Waals surface area contributed by atoms with Crippen molar-refractivity contribution in [2.24, 2.45) is 17.1 Å². The van der Waals surface area contributed by atoms with Gasteiger partial charge in [-0.3, -0.25) is 4.79 Å². The Kier molecular flexibility index (Phi) is 5.64. The van der Waals surface area contributed by atoms with Gasteiger partial charge in [-0.25, -0.2) is 0 Å². The quantitative estimate of drug-likeness (QED) is 0.740. The summed E-state index contributed by atoms with van der Waals surface area (Å²) in [6.07, 6.45) is 8.77. The Morgan fingerprint density at radius 1 is 1.32 bits per heavy atom. The van der Waals surface area contributed by atoms with E-state index >= 15 is 0 Å². The van der Waals surface area contributed by atoms with Crippen molar-refractivity contribution in [3.05, 3.63) is 0 Å². The van der Waals surface area contributed by atoms with E-state index in [1.807, 2.05) is 0 Å². The van der Waals surface area contributed by atoms with E-state index in [1.54, 1.807) is 0 Å². The standard InChI is InChI=1S/C15H28N2O2/c16-11-15(7-2-8-15)12-17-14(18)4-1-3-13-5-9-19-10-6-13/h13H,1-12,16H2,(H,17,18). The minimum atomic E-state index is 0.201. The summed E-state index contributed by atoms with van der Waals surface area (Å²) in [6.45, 7) is 3.28. The smallest absolute Gasteiger partial charge is 0.220 e. The van der Waals surface area contributed by atoms with Crippen molar-refractivity contribution in [3.63, 3.8) is 0 Å². The zero-order chi connectivity index (χ0) is 13.6. The third-order valence-electron chi connectivity index (χ3n) is 4.86. The molecule has 2 fully saturated rings. The fourth-order valence-electron chi connectivity index (χ4n) is 3.09. The van der Waals surface area contributed by atoms with E-state index in [2.05, 4.69) is 5.32 Å². The lowest BCUT2D eigenvalue weighted by atomic mass is 9.69. The average Bonchev–Trinajstić information content (AvgIpc) is 2.39. The highest BCUT2D eigenvalue weighted by atomic mass is 16.5. The Bertz CT molecular complexity index is 278. The second-order valence-corrected chi connectivity index (χ2v) is 6.28. The van der Waals surface area contributed by atoms with Crippen LogP contribution in [0.25, 0.3) is 0 Å². The third-order valence-corrected chi connectivity index (χ3v) is 4.86. The maximum atomic E-state index is 11.8. The average molecular weight is 268 g/mol. The maximum Gasteiger partial charge on any atom is 0.220 e. The molecular formula is C15H28N2O2. The molecule has 4 nitrogen and oxygen atoms in total. The molecule has 1 aliphatic carbocycles. The number of hydrogen-bond donors (Lipinski definition) is 2. The minimum Gasteiger partial charge on any atom is -0.381 e. The first kappa shape index (κ1) is 14.8. The monoisotopic (exact) mass is 268 g/mol. The third kappa shape index (κ3) is 4.46. The van der Waals surface area contributed by atoms with Crippen LogP contribution in [-0.4, -0.2) is 32.2 Å². The molecule has 0 spiro atoms. The topological polar surface area (TPSA) is 64.3 Å². The van der Waals surface area contributed by atoms with Crippen molar-refractivity contribution in [2.45, 2.75) is 51.4 Å². The van der Waals surface area contributed by atoms with E-state index in [1.165, 1.54) is 25.7 Å². The van der Waals surface area contributed by atoms with Crippen LogP contribution < -0.4 is 11.1 Å². The van der Waals surface area contributed by atoms with Gasteiger partial charge in [0.15, 0.2) is 0 Å². The van der Waals surface area contributed by atoms with Crippen LogP contribution in [0, 0.1) is 11.3 Å². The Morgan fingerprint density at radius 2 is 2.05 bits per heavy atom. The van der Waals surface area contributed by atoms with Gasteiger partial charge in [0, 0.05) is 26.2 Å². The molecule has 0 bridgehead atoms. The molecule has 0 atom stereocenters. The summed E-state index contributed by atoms with van der Waals surface area (Å²) in [5.74, 6) is 0.968. The van der Waals surface area contributed by atoms with Gasteiger partial charge in [0.1, 0.15) is 0 Å². The molecule has 3 N–H and O–H groups in total. The van der Waals surface area contributed by atoms with E-state index < -0.39 is 0 Å². The van der Waals surface area contributed by atoms with E-state index in [4.69, 9.17) is 10.5 Å². The second kappa shape index (κ2) is 7.25. The van der Waals surface area contributed by atoms with E-state index in [9.17, 15) is 4.79 Å². The van der Waals surface area contributed by atoms with Crippen LogP contribution >= 0.6 is 0 Å². The Labute approximate surface area is 116 Å². The second-order valence-electron chi connectivity index (χ2n) is 6.28. The fourth-order valence-corrected chi connectivity index (χ4v) is 3.09. The van der Waals surface area contributed by atoms with Crippen LogP contribution in [0.1, 0.15) is 51.4 Å². The molecule has 0 aromatic rings. The maximum absolute atomic E-state index is 11.8. The van der Waals surface area contributed by atoms with Crippen molar-refractivity contribution in [1.82, 2.24) is 5.32 Å². The molecule has 1 aliphatic heterocycles. The molecule has 1 saturated heterocycles. The Balaban J connectivity index is 1.54. The SMILES string of the molecule is NCC1(CNC(=O)CCCC2CCOCC2)CCC1. The van der Waals surface area contributed by atoms with Crippen LogP contribution in [0.4, 0.5) is 0 Å². The van der Waals surface area contributed by atoms with E-state index in [0.29, 0.717) is 13.0 Å². The molecule has 2 rings (SSSR count). The van der Waals surface area contributed by atoms with Gasteiger partial charge in [0.25, 0.3) is 0 Å². The highest BCUT2D eigenvalue weighted by Crippen LogP contribution is 2.39. The molecule has 0 aromatic heterocycles. The van der Waals surface area contributed by atoms with Crippen molar-refractivity contribution >= 4 is 5.91 Å². The van der Waals surface area contributed by atoms with Gasteiger partial charge in [-0.15, -0.1) is 0 Å². The fraction of sp³-hybridized carbons (Fsp3) is 0.933. The first-order valence-electron chi connectivity index (χ1n) is 7.79. The zero-order valence-corrected chi connectivity index (χ0v) is 12.0. The molecule has 0 aromatic carbocycles. The van der Waals surface area contributed by atoms with Gasteiger partial charge in [0.2, 0.25) is 5.91 Å². The summed E-state index contributed by atoms with van der Waals surface area (Å²) in [6, 6.07) is 0. The highest BCUT2D eigenvalue weighted by Gasteiger charge is 2.35. The Hall–Kier alpha value is -0.610. The number of hydrogen-bond acceptors (Lipinski definition) is 3. The van der Waals surface area contributed by atoms with Gasteiger partial charge < -0.3 is 15.8 Å². The van der Waals surface area contributed by atoms with E-state index in [-0.39, 0.29) is 11.3 Å². The number of rotatable bonds is 7. The molecule has 0 radical (unpaired) electrons. The molecule has 0 unspecified atom stereocenters. The van der Waals surface area contributed by atoms with Crippen molar-refractivity contribution in [1.29, 1.82) is 0 Å². The van der Waals surface area contributed by atoms with Crippen LogP contribution in [0.15, 0.2) is 0 Å². The van der Waals surface area contributed by atoms with E-state index in [0.717, 1.165) is 44.9 Å². The lowest BCUT2D eigenvalue weighted by Crippen LogP contribution is -2.46. The molecular weight excluding hydrogens is 240 g/mol. The summed E-state index contributed by atoms with van der Waals surface area (Å²) >= 11 is 0. The molecule has 1 saturated carbocycles. The largest absolute Gasteiger partial charge is 0.381 e. The molecule has 110 valence electrons. The number of nitrogens with two attached hydrogens (primary N) is 1. The van der Waals surface area contributed by atoms with Gasteiger partial charge in [0.05, 0.1) is 0 Å². The summed E-state index contributed by atoms with van der Waals surface area (Å²) in [4.78, 5) is 11.8. The normalized spacial score (nSPS) is 22.8. The molecule has 19 heavy (non-hydrogen) atoms. The summed E-state index contributed by atoms with van der Waals surface area (Å²) in [5, 5.41) is 3.07. The summed E-state index contributed by atoms with van der Waals surface area (Å²) in [5.41, 5.74) is 6.01. The van der Waals surface area contributed by atoms with Gasteiger partial charge in [-0.05, 0) is 56.4 Å². The van der Waals surface area contributed by atoms with Crippen molar-refractivity contribution in [3.8, 4) is 0 Å². The Morgan fingerprint density at radius 3 is 2.63 bits per heavy atom. The van der Waals surface area contributed by atoms with Crippen LogP contribution in [0.5, 0.6) is 0 Å². The van der Waals surface area contributed by atoms with Crippen molar-refractivity contribution in [2.75, 3.05) is 26.3 Å². The number of amides is 1. The van der Waals surface area contributed by atoms with Gasteiger partial charge in [-0.1, -0.05) is 6.42 Å². The minimum absolute atomic E-state index is 0.201. The highest BCUT2D eigenvalue weighted by molar-refractivity contribution is 5.75. The molecule has 1 amide bonds. The number of carbonyl (C=O) groups excluding carboxylic acids is 1. The van der Waals surface area contributed by atoms with Gasteiger partial charge in [-0.2, -0.15) is 0 Å². The molecule has 2 aliphatic rings. The summed E-state index contributed by atoms with van der Waals surface area (Å²) in [7, 11) is 0. The van der Waals surface area contributed by atoms with Crippen LogP contribution in [0.2, 0.25) is 0 Å². The number of ether oxygens (including phenoxy) is 1. The van der Waals surface area contributed by atoms with Crippen LogP contribution in [0.3, 0.4) is 0 Å². The predicted octanol–water partition coefficient (Wildman–Crippen LogP) is 1.83. The summed E-state index contributed by atoms with van der Waals surface area (Å²) < 4.78 is 5.34. The molecule has 4 heteroatoms. The first-order chi connectivity index (χ1) is 9.24. The predicted molar refractivity (Wildman–Crippen MR) is 75.7 cm³/mol. The van der Waals surface area contributed by atoms with Crippen molar-refractivity contribution < 1.29 is 9.53 Å². The van der Waals surface area contributed by atoms with Crippen LogP contribution in [-0.2, 0) is 9.53 Å². The lowest BCUT2D eigenvalue weighted by Gasteiger charge is -2.41. The molecule has 1 heterocycles. The lowest BCUT2D eigenvalue weighted by molar-refractivity contribution is -0.122. The first-order valence-corrected chi connectivity index (χ1v) is 7.79. The number of carbonyl (C=O) groups is 1. The zero-order valence-electron chi connectivity index (χ0n) is 12.0. The van der Waals surface area contributed by atoms with Gasteiger partial charge >= 0.3 is 0 Å².